The van der Waals surface area contributed by atoms with Gasteiger partial charge in [-0.1, -0.05) is 35.9 Å². The average Bonchev–Trinajstić information content (AvgIpc) is 3.13. The topological polar surface area (TPSA) is 69.9 Å². The van der Waals surface area contributed by atoms with Crippen molar-refractivity contribution in [2.45, 2.75) is 31.0 Å². The molecule has 2 N–H and O–H groups in total. The van der Waals surface area contributed by atoms with Gasteiger partial charge in [-0.15, -0.1) is 0 Å². The van der Waals surface area contributed by atoms with Gasteiger partial charge in [-0.3, -0.25) is 4.79 Å². The second-order valence-corrected chi connectivity index (χ2v) is 8.15. The highest BCUT2D eigenvalue weighted by Crippen LogP contribution is 2.32. The van der Waals surface area contributed by atoms with Crippen molar-refractivity contribution >= 4 is 23.2 Å². The number of hydrogen-bond acceptors (Lipinski definition) is 4. The zero-order valence-electron chi connectivity index (χ0n) is 15.3. The summed E-state index contributed by atoms with van der Waals surface area (Å²) < 4.78 is 1.75. The molecule has 28 heavy (non-hydrogen) atoms. The quantitative estimate of drug-likeness (QED) is 0.662. The summed E-state index contributed by atoms with van der Waals surface area (Å²) in [6.07, 6.45) is 4.26. The maximum Gasteiger partial charge on any atom is 0.274 e. The smallest absolute Gasteiger partial charge is 0.274 e. The molecule has 0 bridgehead atoms. The first-order valence-electron chi connectivity index (χ1n) is 9.47. The molecular weight excluding hydrogens is 376 g/mol. The van der Waals surface area contributed by atoms with E-state index in [1.165, 1.54) is 11.1 Å². The first-order chi connectivity index (χ1) is 13.5. The van der Waals surface area contributed by atoms with Crippen LogP contribution in [0.3, 0.4) is 0 Å². The van der Waals surface area contributed by atoms with E-state index in [2.05, 4.69) is 22.4 Å². The van der Waals surface area contributed by atoms with Gasteiger partial charge in [0, 0.05) is 32.0 Å². The zero-order valence-corrected chi connectivity index (χ0v) is 16.1. The average molecular weight is 397 g/mol. The molecule has 144 valence electrons. The monoisotopic (exact) mass is 396 g/mol. The minimum atomic E-state index is -0.634. The Labute approximate surface area is 167 Å². The molecular formula is C21H21ClN4O2. The Morgan fingerprint density at radius 1 is 1.21 bits per heavy atom. The van der Waals surface area contributed by atoms with Gasteiger partial charge in [-0.2, -0.15) is 0 Å². The number of halogens is 1. The Morgan fingerprint density at radius 3 is 2.86 bits per heavy atom. The van der Waals surface area contributed by atoms with E-state index < -0.39 is 6.10 Å². The summed E-state index contributed by atoms with van der Waals surface area (Å²) in [6.45, 7) is 1.62. The number of carbonyl (C=O) groups excluding carboxylic acids is 1. The Bertz CT molecular complexity index is 1070. The molecule has 2 aliphatic heterocycles. The van der Waals surface area contributed by atoms with Gasteiger partial charge in [-0.25, -0.2) is 4.98 Å². The lowest BCUT2D eigenvalue weighted by Crippen LogP contribution is -2.65. The van der Waals surface area contributed by atoms with Crippen molar-refractivity contribution in [1.82, 2.24) is 19.6 Å². The summed E-state index contributed by atoms with van der Waals surface area (Å²) in [7, 11) is 0. The molecule has 0 unspecified atom stereocenters. The van der Waals surface area contributed by atoms with E-state index in [-0.39, 0.29) is 11.4 Å². The number of benzene rings is 1. The highest BCUT2D eigenvalue weighted by Gasteiger charge is 2.45. The summed E-state index contributed by atoms with van der Waals surface area (Å²) in [5.74, 6) is -0.162. The molecule has 2 aromatic heterocycles. The molecule has 6 nitrogen and oxygen atoms in total. The molecule has 1 amide bonds. The number of aliphatic hydroxyl groups excluding tert-OH is 1. The van der Waals surface area contributed by atoms with Crippen LogP contribution in [-0.4, -0.2) is 50.0 Å². The van der Waals surface area contributed by atoms with E-state index in [0.717, 1.165) is 13.0 Å². The Morgan fingerprint density at radius 2 is 2.04 bits per heavy atom. The molecule has 1 fully saturated rings. The zero-order chi connectivity index (χ0) is 19.3. The van der Waals surface area contributed by atoms with Gasteiger partial charge in [0.25, 0.3) is 5.91 Å². The summed E-state index contributed by atoms with van der Waals surface area (Å²) in [5.41, 5.74) is 3.22. The first-order valence-corrected chi connectivity index (χ1v) is 9.85. The lowest BCUT2D eigenvalue weighted by atomic mass is 9.76. The van der Waals surface area contributed by atoms with Crippen LogP contribution in [0.2, 0.25) is 5.02 Å². The molecule has 1 aromatic carbocycles. The number of likely N-dealkylation sites (tertiary alicyclic amines) is 1. The fraction of sp³-hybridized carbons (Fsp3) is 0.333. The predicted octanol–water partition coefficient (Wildman–Crippen LogP) is 2.28. The standard InChI is InChI=1S/C21H21ClN4O2/c22-16-5-6-19-24-17(12-26(19)11-16)20(28)25-8-7-21(18(27)13-25)9-14-3-1-2-4-15(14)10-23-21/h1-6,11-12,18,23,27H,7-10,13H2/t18-,21+/m1/s1. The minimum Gasteiger partial charge on any atom is -0.389 e. The van der Waals surface area contributed by atoms with Crippen LogP contribution in [0.1, 0.15) is 28.0 Å². The number of carbonyl (C=O) groups is 1. The van der Waals surface area contributed by atoms with Crippen molar-refractivity contribution in [1.29, 1.82) is 0 Å². The number of nitrogens with zero attached hydrogens (tertiary/aromatic N) is 3. The van der Waals surface area contributed by atoms with E-state index in [1.54, 1.807) is 33.8 Å². The van der Waals surface area contributed by atoms with Gasteiger partial charge in [0.15, 0.2) is 0 Å². The molecule has 0 saturated carbocycles. The van der Waals surface area contributed by atoms with Crippen molar-refractivity contribution in [2.24, 2.45) is 0 Å². The SMILES string of the molecule is O=C(c1cn2cc(Cl)ccc2n1)N1CC[C@]2(Cc3ccccc3CN2)[C@H](O)C1. The number of fused-ring (bicyclic) bond motifs is 2. The second kappa shape index (κ2) is 6.58. The van der Waals surface area contributed by atoms with Crippen molar-refractivity contribution in [3.05, 3.63) is 70.6 Å². The van der Waals surface area contributed by atoms with Crippen LogP contribution in [0.4, 0.5) is 0 Å². The number of imidazole rings is 1. The van der Waals surface area contributed by atoms with Crippen LogP contribution in [0.15, 0.2) is 48.8 Å². The largest absolute Gasteiger partial charge is 0.389 e. The molecule has 7 heteroatoms. The molecule has 4 heterocycles. The highest BCUT2D eigenvalue weighted by molar-refractivity contribution is 6.30. The third-order valence-corrected chi connectivity index (χ3v) is 6.26. The number of aliphatic hydroxyl groups is 1. The number of β-amino-alcohol motifs (C(OH)–C–C–N with tert-alkyl or cyclic N) is 1. The van der Waals surface area contributed by atoms with Crippen LogP contribution in [0.5, 0.6) is 0 Å². The Kier molecular flexibility index (Phi) is 4.16. The van der Waals surface area contributed by atoms with Crippen LogP contribution < -0.4 is 5.32 Å². The van der Waals surface area contributed by atoms with Gasteiger partial charge in [0.05, 0.1) is 16.7 Å². The molecule has 2 aliphatic rings. The predicted molar refractivity (Wildman–Crippen MR) is 106 cm³/mol. The fourth-order valence-electron chi connectivity index (χ4n) is 4.38. The Balaban J connectivity index is 1.35. The number of rotatable bonds is 1. The normalized spacial score (nSPS) is 24.5. The Hall–Kier alpha value is -2.41. The maximum absolute atomic E-state index is 13.0. The van der Waals surface area contributed by atoms with E-state index in [4.69, 9.17) is 11.6 Å². The van der Waals surface area contributed by atoms with E-state index in [1.807, 2.05) is 12.1 Å². The number of amides is 1. The van der Waals surface area contributed by atoms with Crippen molar-refractivity contribution in [2.75, 3.05) is 13.1 Å². The summed E-state index contributed by atoms with van der Waals surface area (Å²) in [5, 5.41) is 15.1. The number of piperidine rings is 1. The van der Waals surface area contributed by atoms with Gasteiger partial charge in [0.1, 0.15) is 11.3 Å². The van der Waals surface area contributed by atoms with Gasteiger partial charge in [0.2, 0.25) is 0 Å². The second-order valence-electron chi connectivity index (χ2n) is 7.71. The summed E-state index contributed by atoms with van der Waals surface area (Å²) in [4.78, 5) is 19.1. The van der Waals surface area contributed by atoms with Crippen molar-refractivity contribution < 1.29 is 9.90 Å². The number of nitrogens with one attached hydrogen (secondary N) is 1. The third-order valence-electron chi connectivity index (χ3n) is 6.04. The van der Waals surface area contributed by atoms with E-state index in [9.17, 15) is 9.90 Å². The minimum absolute atomic E-state index is 0.162. The first kappa shape index (κ1) is 17.7. The molecule has 5 rings (SSSR count). The van der Waals surface area contributed by atoms with E-state index in [0.29, 0.717) is 35.9 Å². The van der Waals surface area contributed by atoms with Crippen LogP contribution in [0.25, 0.3) is 5.65 Å². The summed E-state index contributed by atoms with van der Waals surface area (Å²) >= 11 is 6.01. The number of pyridine rings is 1. The molecule has 3 aromatic rings. The van der Waals surface area contributed by atoms with Gasteiger partial charge in [-0.05, 0) is 36.1 Å². The lowest BCUT2D eigenvalue weighted by molar-refractivity contribution is -0.0140. The van der Waals surface area contributed by atoms with Gasteiger partial charge >= 0.3 is 0 Å². The van der Waals surface area contributed by atoms with Crippen LogP contribution >= 0.6 is 11.6 Å². The van der Waals surface area contributed by atoms with Crippen molar-refractivity contribution in [3.8, 4) is 0 Å². The van der Waals surface area contributed by atoms with Crippen LogP contribution in [-0.2, 0) is 13.0 Å². The van der Waals surface area contributed by atoms with Gasteiger partial charge < -0.3 is 19.7 Å². The van der Waals surface area contributed by atoms with Crippen molar-refractivity contribution in [3.63, 3.8) is 0 Å². The van der Waals surface area contributed by atoms with E-state index >= 15 is 0 Å². The molecule has 2 atom stereocenters. The van der Waals surface area contributed by atoms with Crippen LogP contribution in [0, 0.1) is 0 Å². The molecule has 0 aliphatic carbocycles. The fourth-order valence-corrected chi connectivity index (χ4v) is 4.55. The number of hydrogen-bond donors (Lipinski definition) is 2. The summed E-state index contributed by atoms with van der Waals surface area (Å²) in [6, 6.07) is 11.9. The molecule has 1 saturated heterocycles. The maximum atomic E-state index is 13.0. The third kappa shape index (κ3) is 2.89. The lowest BCUT2D eigenvalue weighted by Gasteiger charge is -2.48. The molecule has 0 radical (unpaired) electrons. The number of aromatic nitrogens is 2. The highest BCUT2D eigenvalue weighted by atomic mass is 35.5. The molecule has 1 spiro atoms.